The molecule has 3 nitrogen and oxygen atoms in total. The van der Waals surface area contributed by atoms with Gasteiger partial charge in [-0.05, 0) is 26.2 Å². The monoisotopic (exact) mass is 250 g/mol. The van der Waals surface area contributed by atoms with Gasteiger partial charge in [0.25, 0.3) is 0 Å². The SMILES string of the molecule is CCOC1CC(Nc2cncc(F)c2)C12CCC2. The van der Waals surface area contributed by atoms with Crippen LogP contribution in [0.5, 0.6) is 0 Å². The number of nitrogens with zero attached hydrogens (tertiary/aromatic N) is 1. The van der Waals surface area contributed by atoms with Gasteiger partial charge in [-0.3, -0.25) is 4.98 Å². The van der Waals surface area contributed by atoms with Crippen molar-refractivity contribution in [1.29, 1.82) is 0 Å². The van der Waals surface area contributed by atoms with E-state index in [9.17, 15) is 4.39 Å². The summed E-state index contributed by atoms with van der Waals surface area (Å²) in [5.41, 5.74) is 1.07. The van der Waals surface area contributed by atoms with Crippen LogP contribution in [0.3, 0.4) is 0 Å². The summed E-state index contributed by atoms with van der Waals surface area (Å²) in [7, 11) is 0. The quantitative estimate of drug-likeness (QED) is 0.892. The molecular formula is C14H19FN2O. The van der Waals surface area contributed by atoms with Crippen molar-refractivity contribution in [3.05, 3.63) is 24.3 Å². The number of ether oxygens (including phenoxy) is 1. The van der Waals surface area contributed by atoms with Crippen LogP contribution in [-0.2, 0) is 4.74 Å². The van der Waals surface area contributed by atoms with E-state index in [1.54, 1.807) is 6.20 Å². The van der Waals surface area contributed by atoms with Gasteiger partial charge < -0.3 is 10.1 Å². The van der Waals surface area contributed by atoms with Crippen LogP contribution in [0.2, 0.25) is 0 Å². The summed E-state index contributed by atoms with van der Waals surface area (Å²) in [5, 5.41) is 3.42. The summed E-state index contributed by atoms with van der Waals surface area (Å²) in [6.07, 6.45) is 8.04. The van der Waals surface area contributed by atoms with Gasteiger partial charge in [0.1, 0.15) is 5.82 Å². The van der Waals surface area contributed by atoms with E-state index in [0.717, 1.165) is 18.7 Å². The average Bonchev–Trinajstić information content (AvgIpc) is 2.25. The van der Waals surface area contributed by atoms with E-state index in [0.29, 0.717) is 17.6 Å². The Labute approximate surface area is 107 Å². The van der Waals surface area contributed by atoms with Gasteiger partial charge in [-0.2, -0.15) is 0 Å². The zero-order valence-electron chi connectivity index (χ0n) is 10.7. The predicted molar refractivity (Wildman–Crippen MR) is 67.9 cm³/mol. The molecular weight excluding hydrogens is 231 g/mol. The Morgan fingerprint density at radius 3 is 2.94 bits per heavy atom. The second-order valence-electron chi connectivity index (χ2n) is 5.36. The summed E-state index contributed by atoms with van der Waals surface area (Å²) in [4.78, 5) is 3.87. The smallest absolute Gasteiger partial charge is 0.143 e. The first kappa shape index (κ1) is 11.9. The molecule has 0 aliphatic heterocycles. The summed E-state index contributed by atoms with van der Waals surface area (Å²) in [6.45, 7) is 2.82. The van der Waals surface area contributed by atoms with E-state index in [2.05, 4.69) is 10.3 Å². The van der Waals surface area contributed by atoms with Crippen molar-refractivity contribution >= 4 is 5.69 Å². The van der Waals surface area contributed by atoms with Crippen molar-refractivity contribution in [1.82, 2.24) is 4.98 Å². The zero-order chi connectivity index (χ0) is 12.6. The molecule has 0 radical (unpaired) electrons. The Morgan fingerprint density at radius 1 is 1.50 bits per heavy atom. The number of rotatable bonds is 4. The highest BCUT2D eigenvalue weighted by Gasteiger charge is 2.58. The summed E-state index contributed by atoms with van der Waals surface area (Å²) >= 11 is 0. The molecule has 0 aromatic carbocycles. The van der Waals surface area contributed by atoms with Crippen molar-refractivity contribution in [2.45, 2.75) is 44.8 Å². The number of anilines is 1. The maximum absolute atomic E-state index is 13.1. The second kappa shape index (κ2) is 4.50. The predicted octanol–water partition coefficient (Wildman–Crippen LogP) is 2.98. The van der Waals surface area contributed by atoms with Crippen molar-refractivity contribution in [2.75, 3.05) is 11.9 Å². The average molecular weight is 250 g/mol. The molecule has 3 rings (SSSR count). The van der Waals surface area contributed by atoms with Gasteiger partial charge in [0, 0.05) is 24.1 Å². The van der Waals surface area contributed by atoms with Crippen molar-refractivity contribution in [3.8, 4) is 0 Å². The largest absolute Gasteiger partial charge is 0.380 e. The molecule has 2 aliphatic carbocycles. The Balaban J connectivity index is 1.68. The fourth-order valence-corrected chi connectivity index (χ4v) is 3.33. The molecule has 2 fully saturated rings. The summed E-state index contributed by atoms with van der Waals surface area (Å²) in [6, 6.07) is 1.92. The highest BCUT2D eigenvalue weighted by atomic mass is 19.1. The van der Waals surface area contributed by atoms with Gasteiger partial charge in [0.15, 0.2) is 0 Å². The van der Waals surface area contributed by atoms with Crippen LogP contribution in [0, 0.1) is 11.2 Å². The Bertz CT molecular complexity index is 434. The molecule has 1 spiro atoms. The summed E-state index contributed by atoms with van der Waals surface area (Å²) in [5.74, 6) is -0.289. The van der Waals surface area contributed by atoms with E-state index in [-0.39, 0.29) is 5.82 Å². The molecule has 98 valence electrons. The standard InChI is InChI=1S/C14H19FN2O/c1-2-18-13-7-12(14(13)4-3-5-14)17-11-6-10(15)8-16-9-11/h6,8-9,12-13,17H,2-5,7H2,1H3. The van der Waals surface area contributed by atoms with Crippen LogP contribution >= 0.6 is 0 Å². The van der Waals surface area contributed by atoms with E-state index in [1.165, 1.54) is 31.5 Å². The van der Waals surface area contributed by atoms with Crippen LogP contribution in [-0.4, -0.2) is 23.7 Å². The maximum Gasteiger partial charge on any atom is 0.143 e. The first-order valence-corrected chi connectivity index (χ1v) is 6.73. The molecule has 4 heteroatoms. The van der Waals surface area contributed by atoms with Gasteiger partial charge >= 0.3 is 0 Å². The second-order valence-corrected chi connectivity index (χ2v) is 5.36. The normalized spacial score (nSPS) is 28.6. The lowest BCUT2D eigenvalue weighted by Gasteiger charge is -2.61. The molecule has 2 unspecified atom stereocenters. The Hall–Kier alpha value is -1.16. The lowest BCUT2D eigenvalue weighted by molar-refractivity contribution is -0.157. The van der Waals surface area contributed by atoms with E-state index in [4.69, 9.17) is 4.74 Å². The molecule has 2 saturated carbocycles. The molecule has 18 heavy (non-hydrogen) atoms. The first-order valence-electron chi connectivity index (χ1n) is 6.73. The van der Waals surface area contributed by atoms with Crippen LogP contribution < -0.4 is 5.32 Å². The molecule has 0 amide bonds. The van der Waals surface area contributed by atoms with E-state index in [1.807, 2.05) is 6.92 Å². The van der Waals surface area contributed by atoms with Crippen molar-refractivity contribution in [2.24, 2.45) is 5.41 Å². The number of hydrogen-bond acceptors (Lipinski definition) is 3. The van der Waals surface area contributed by atoms with E-state index < -0.39 is 0 Å². The van der Waals surface area contributed by atoms with Crippen LogP contribution in [0.1, 0.15) is 32.6 Å². The zero-order valence-corrected chi connectivity index (χ0v) is 10.7. The molecule has 1 aromatic rings. The number of halogens is 1. The van der Waals surface area contributed by atoms with Gasteiger partial charge in [-0.1, -0.05) is 6.42 Å². The van der Waals surface area contributed by atoms with Crippen LogP contribution in [0.4, 0.5) is 10.1 Å². The molecule has 1 N–H and O–H groups in total. The maximum atomic E-state index is 13.1. The lowest BCUT2D eigenvalue weighted by atomic mass is 9.51. The van der Waals surface area contributed by atoms with E-state index >= 15 is 0 Å². The first-order chi connectivity index (χ1) is 8.74. The Morgan fingerprint density at radius 2 is 2.33 bits per heavy atom. The number of nitrogens with one attached hydrogen (secondary N) is 1. The number of hydrogen-bond donors (Lipinski definition) is 1. The van der Waals surface area contributed by atoms with Crippen LogP contribution in [0.15, 0.2) is 18.5 Å². The fraction of sp³-hybridized carbons (Fsp3) is 0.643. The third-order valence-corrected chi connectivity index (χ3v) is 4.48. The highest BCUT2D eigenvalue weighted by molar-refractivity contribution is 5.43. The molecule has 0 saturated heterocycles. The minimum Gasteiger partial charge on any atom is -0.380 e. The minimum atomic E-state index is -0.289. The topological polar surface area (TPSA) is 34.1 Å². The molecule has 2 aliphatic rings. The fourth-order valence-electron chi connectivity index (χ4n) is 3.33. The minimum absolute atomic E-state index is 0.289. The van der Waals surface area contributed by atoms with Crippen molar-refractivity contribution in [3.63, 3.8) is 0 Å². The van der Waals surface area contributed by atoms with Gasteiger partial charge in [-0.25, -0.2) is 4.39 Å². The lowest BCUT2D eigenvalue weighted by Crippen LogP contribution is -2.64. The highest BCUT2D eigenvalue weighted by Crippen LogP contribution is 2.58. The van der Waals surface area contributed by atoms with Gasteiger partial charge in [0.05, 0.1) is 24.2 Å². The summed E-state index contributed by atoms with van der Waals surface area (Å²) < 4.78 is 18.9. The van der Waals surface area contributed by atoms with Gasteiger partial charge in [-0.15, -0.1) is 0 Å². The number of pyridine rings is 1. The molecule has 1 aromatic heterocycles. The third-order valence-electron chi connectivity index (χ3n) is 4.48. The third kappa shape index (κ3) is 1.79. The van der Waals surface area contributed by atoms with Gasteiger partial charge in [0.2, 0.25) is 0 Å². The number of aromatic nitrogens is 1. The molecule has 1 heterocycles. The Kier molecular flexibility index (Phi) is 2.98. The molecule has 2 atom stereocenters. The van der Waals surface area contributed by atoms with Crippen molar-refractivity contribution < 1.29 is 9.13 Å². The van der Waals surface area contributed by atoms with Crippen LogP contribution in [0.25, 0.3) is 0 Å². The molecule has 0 bridgehead atoms.